The summed E-state index contributed by atoms with van der Waals surface area (Å²) in [5, 5.41) is 8.56. The van der Waals surface area contributed by atoms with E-state index in [1.807, 2.05) is 6.07 Å². The first-order valence-corrected chi connectivity index (χ1v) is 5.47. The molecule has 0 saturated heterocycles. The largest absolute Gasteiger partial charge is 0.318 e. The normalized spacial score (nSPS) is 19.1. The second kappa shape index (κ2) is 5.63. The maximum atomic E-state index is 12.9. The Bertz CT molecular complexity index is 342. The average Bonchev–Trinajstić information content (AvgIpc) is 2.28. The van der Waals surface area contributed by atoms with Crippen molar-refractivity contribution in [3.05, 3.63) is 0 Å². The summed E-state index contributed by atoms with van der Waals surface area (Å²) in [5.41, 5.74) is 0. The standard InChI is InChI=1S/C12H14F2N2O/c1-2-8-16(9-7-15)11(17)10-3-5-12(13,14)6-4-10/h1,10H,3-6,8-9H2. The Kier molecular flexibility index (Phi) is 4.45. The number of amides is 1. The van der Waals surface area contributed by atoms with Crippen LogP contribution in [0.2, 0.25) is 0 Å². The predicted octanol–water partition coefficient (Wildman–Crippen LogP) is 1.80. The number of nitrogens with zero attached hydrogens (tertiary/aromatic N) is 2. The van der Waals surface area contributed by atoms with Gasteiger partial charge in [-0.05, 0) is 12.8 Å². The van der Waals surface area contributed by atoms with E-state index in [-0.39, 0.29) is 44.7 Å². The van der Waals surface area contributed by atoms with Gasteiger partial charge in [-0.2, -0.15) is 5.26 Å². The Morgan fingerprint density at radius 1 is 1.41 bits per heavy atom. The minimum Gasteiger partial charge on any atom is -0.318 e. The number of nitriles is 1. The van der Waals surface area contributed by atoms with Crippen LogP contribution < -0.4 is 0 Å². The lowest BCUT2D eigenvalue weighted by Crippen LogP contribution is -2.39. The quantitative estimate of drug-likeness (QED) is 0.557. The van der Waals surface area contributed by atoms with Crippen LogP contribution >= 0.6 is 0 Å². The molecule has 1 aliphatic rings. The van der Waals surface area contributed by atoms with Gasteiger partial charge in [-0.3, -0.25) is 4.79 Å². The molecule has 1 aliphatic carbocycles. The monoisotopic (exact) mass is 240 g/mol. The molecule has 1 saturated carbocycles. The van der Waals surface area contributed by atoms with Gasteiger partial charge in [-0.15, -0.1) is 6.42 Å². The van der Waals surface area contributed by atoms with Crippen molar-refractivity contribution in [2.75, 3.05) is 13.1 Å². The molecule has 17 heavy (non-hydrogen) atoms. The Morgan fingerprint density at radius 2 is 2.00 bits per heavy atom. The molecule has 0 unspecified atom stereocenters. The summed E-state index contributed by atoms with van der Waals surface area (Å²) in [5.74, 6) is -1.05. The summed E-state index contributed by atoms with van der Waals surface area (Å²) in [6, 6.07) is 1.85. The van der Waals surface area contributed by atoms with Gasteiger partial charge in [0.1, 0.15) is 6.54 Å². The van der Waals surface area contributed by atoms with Crippen LogP contribution in [0.1, 0.15) is 25.7 Å². The third-order valence-electron chi connectivity index (χ3n) is 2.92. The molecule has 3 nitrogen and oxygen atoms in total. The summed E-state index contributed by atoms with van der Waals surface area (Å²) in [6.07, 6.45) is 4.90. The molecule has 0 atom stereocenters. The lowest BCUT2D eigenvalue weighted by molar-refractivity contribution is -0.138. The van der Waals surface area contributed by atoms with Crippen molar-refractivity contribution in [1.82, 2.24) is 4.90 Å². The molecular formula is C12H14F2N2O. The molecule has 0 bridgehead atoms. The van der Waals surface area contributed by atoms with Crippen molar-refractivity contribution >= 4 is 5.91 Å². The molecule has 0 radical (unpaired) electrons. The number of hydrogen-bond acceptors (Lipinski definition) is 2. The third kappa shape index (κ3) is 3.71. The van der Waals surface area contributed by atoms with E-state index in [1.54, 1.807) is 0 Å². The Hall–Kier alpha value is -1.62. The number of hydrogen-bond donors (Lipinski definition) is 0. The summed E-state index contributed by atoms with van der Waals surface area (Å²) < 4.78 is 25.9. The maximum absolute atomic E-state index is 12.9. The van der Waals surface area contributed by atoms with E-state index in [2.05, 4.69) is 5.92 Å². The summed E-state index contributed by atoms with van der Waals surface area (Å²) in [4.78, 5) is 13.2. The number of carbonyl (C=O) groups is 1. The first kappa shape index (κ1) is 13.4. The third-order valence-corrected chi connectivity index (χ3v) is 2.92. The molecule has 0 aliphatic heterocycles. The van der Waals surface area contributed by atoms with Crippen molar-refractivity contribution in [3.63, 3.8) is 0 Å². The van der Waals surface area contributed by atoms with Crippen LogP contribution in [0.3, 0.4) is 0 Å². The zero-order valence-electron chi connectivity index (χ0n) is 9.46. The molecule has 0 aromatic rings. The molecule has 1 amide bonds. The zero-order chi connectivity index (χ0) is 12.9. The fraction of sp³-hybridized carbons (Fsp3) is 0.667. The van der Waals surface area contributed by atoms with Crippen LogP contribution in [0.5, 0.6) is 0 Å². The van der Waals surface area contributed by atoms with Crippen LogP contribution in [-0.4, -0.2) is 29.8 Å². The van der Waals surface area contributed by atoms with Crippen molar-refractivity contribution < 1.29 is 13.6 Å². The first-order chi connectivity index (χ1) is 8.00. The zero-order valence-corrected chi connectivity index (χ0v) is 9.46. The van der Waals surface area contributed by atoms with Gasteiger partial charge >= 0.3 is 0 Å². The molecule has 5 heteroatoms. The van der Waals surface area contributed by atoms with E-state index in [0.29, 0.717) is 0 Å². The smallest absolute Gasteiger partial charge is 0.248 e. The Morgan fingerprint density at radius 3 is 2.47 bits per heavy atom. The minimum absolute atomic E-state index is 0.0548. The lowest BCUT2D eigenvalue weighted by atomic mass is 9.86. The second-order valence-corrected chi connectivity index (χ2v) is 4.19. The van der Waals surface area contributed by atoms with Gasteiger partial charge in [0.2, 0.25) is 11.8 Å². The van der Waals surface area contributed by atoms with Gasteiger partial charge in [0, 0.05) is 18.8 Å². The number of terminal acetylenes is 1. The Balaban J connectivity index is 2.58. The van der Waals surface area contributed by atoms with Crippen molar-refractivity contribution in [1.29, 1.82) is 5.26 Å². The molecule has 1 rings (SSSR count). The number of halogens is 2. The van der Waals surface area contributed by atoms with Crippen molar-refractivity contribution in [3.8, 4) is 18.4 Å². The van der Waals surface area contributed by atoms with Gasteiger partial charge in [0.25, 0.3) is 0 Å². The van der Waals surface area contributed by atoms with Gasteiger partial charge in [-0.1, -0.05) is 5.92 Å². The molecular weight excluding hydrogens is 226 g/mol. The van der Waals surface area contributed by atoms with E-state index in [9.17, 15) is 13.6 Å². The molecule has 0 spiro atoms. The minimum atomic E-state index is -2.65. The summed E-state index contributed by atoms with van der Waals surface area (Å²) in [7, 11) is 0. The highest BCUT2D eigenvalue weighted by Gasteiger charge is 2.38. The maximum Gasteiger partial charge on any atom is 0.248 e. The van der Waals surface area contributed by atoms with Crippen LogP contribution in [0, 0.1) is 29.6 Å². The number of carbonyl (C=O) groups excluding carboxylic acids is 1. The molecule has 0 aromatic heterocycles. The van der Waals surface area contributed by atoms with Gasteiger partial charge in [0.15, 0.2) is 0 Å². The van der Waals surface area contributed by atoms with Crippen LogP contribution in [-0.2, 0) is 4.79 Å². The van der Waals surface area contributed by atoms with Crippen molar-refractivity contribution in [2.24, 2.45) is 5.92 Å². The molecule has 92 valence electrons. The van der Waals surface area contributed by atoms with E-state index < -0.39 is 11.8 Å². The van der Waals surface area contributed by atoms with E-state index >= 15 is 0 Å². The SMILES string of the molecule is C#CCN(CC#N)C(=O)C1CCC(F)(F)CC1. The van der Waals surface area contributed by atoms with E-state index in [4.69, 9.17) is 11.7 Å². The van der Waals surface area contributed by atoms with E-state index in [1.165, 1.54) is 4.90 Å². The van der Waals surface area contributed by atoms with Gasteiger partial charge < -0.3 is 4.90 Å². The van der Waals surface area contributed by atoms with Crippen molar-refractivity contribution in [2.45, 2.75) is 31.6 Å². The first-order valence-electron chi connectivity index (χ1n) is 5.47. The fourth-order valence-corrected chi connectivity index (χ4v) is 1.95. The highest BCUT2D eigenvalue weighted by atomic mass is 19.3. The molecule has 1 fully saturated rings. The van der Waals surface area contributed by atoms with Crippen LogP contribution in [0.4, 0.5) is 8.78 Å². The fourth-order valence-electron chi connectivity index (χ4n) is 1.95. The average molecular weight is 240 g/mol. The molecule has 0 aromatic carbocycles. The summed E-state index contributed by atoms with van der Waals surface area (Å²) >= 11 is 0. The highest BCUT2D eigenvalue weighted by Crippen LogP contribution is 2.36. The molecule has 0 N–H and O–H groups in total. The number of rotatable bonds is 3. The predicted molar refractivity (Wildman–Crippen MR) is 57.9 cm³/mol. The lowest BCUT2D eigenvalue weighted by Gasteiger charge is -2.30. The van der Waals surface area contributed by atoms with Crippen LogP contribution in [0.15, 0.2) is 0 Å². The highest BCUT2D eigenvalue weighted by molar-refractivity contribution is 5.79. The summed E-state index contributed by atoms with van der Waals surface area (Å²) in [6.45, 7) is -0.0325. The topological polar surface area (TPSA) is 44.1 Å². The van der Waals surface area contributed by atoms with E-state index in [0.717, 1.165) is 0 Å². The second-order valence-electron chi connectivity index (χ2n) is 4.19. The molecule has 0 heterocycles. The Labute approximate surface area is 99.4 Å². The van der Waals surface area contributed by atoms with Gasteiger partial charge in [0.05, 0.1) is 12.6 Å². The van der Waals surface area contributed by atoms with Crippen LogP contribution in [0.25, 0.3) is 0 Å². The number of alkyl halides is 2. The van der Waals surface area contributed by atoms with Gasteiger partial charge in [-0.25, -0.2) is 8.78 Å².